The molecule has 0 saturated carbocycles. The number of hydrogen-bond acceptors (Lipinski definition) is 3. The number of fused-ring (bicyclic) bond motifs is 1. The van der Waals surface area contributed by atoms with Crippen LogP contribution < -0.4 is 10.6 Å². The second kappa shape index (κ2) is 6.49. The number of halogens is 1. The maximum Gasteiger partial charge on any atom is 0.0672 e. The van der Waals surface area contributed by atoms with Gasteiger partial charge in [0, 0.05) is 24.3 Å². The van der Waals surface area contributed by atoms with Gasteiger partial charge in [-0.15, -0.1) is 0 Å². The normalized spacial score (nSPS) is 19.0. The molecule has 0 radical (unpaired) electrons. The molecule has 2 nitrogen and oxygen atoms in total. The van der Waals surface area contributed by atoms with Gasteiger partial charge >= 0.3 is 0 Å². The van der Waals surface area contributed by atoms with Crippen molar-refractivity contribution in [3.05, 3.63) is 86.6 Å². The molecule has 4 rings (SSSR count). The van der Waals surface area contributed by atoms with E-state index in [-0.39, 0.29) is 0 Å². The van der Waals surface area contributed by atoms with Gasteiger partial charge in [0.25, 0.3) is 0 Å². The lowest BCUT2D eigenvalue weighted by atomic mass is 9.85. The third kappa shape index (κ3) is 3.08. The number of aryl methyl sites for hydroxylation is 1. The highest BCUT2D eigenvalue weighted by molar-refractivity contribution is 7.07. The number of thiophene rings is 1. The van der Waals surface area contributed by atoms with Crippen LogP contribution in [0.15, 0.2) is 59.3 Å². The highest BCUT2D eigenvalue weighted by atomic mass is 35.5. The summed E-state index contributed by atoms with van der Waals surface area (Å²) in [7, 11) is 2.13. The van der Waals surface area contributed by atoms with Crippen molar-refractivity contribution in [2.45, 2.75) is 24.9 Å². The Bertz CT molecular complexity index is 891. The molecule has 0 saturated heterocycles. The van der Waals surface area contributed by atoms with Crippen LogP contribution in [0.4, 0.5) is 5.69 Å². The van der Waals surface area contributed by atoms with Crippen molar-refractivity contribution in [1.29, 1.82) is 0 Å². The molecule has 0 aliphatic heterocycles. The van der Waals surface area contributed by atoms with E-state index >= 15 is 0 Å². The number of nitrogens with two attached hydrogens (primary N) is 1. The first-order valence-electron chi connectivity index (χ1n) is 8.47. The van der Waals surface area contributed by atoms with Crippen LogP contribution in [0.1, 0.15) is 28.7 Å². The second-order valence-electron chi connectivity index (χ2n) is 6.81. The third-order valence-corrected chi connectivity index (χ3v) is 6.11. The van der Waals surface area contributed by atoms with Gasteiger partial charge < -0.3 is 10.6 Å². The fourth-order valence-corrected chi connectivity index (χ4v) is 4.57. The summed E-state index contributed by atoms with van der Waals surface area (Å²) in [6.07, 6.45) is 1.92. The van der Waals surface area contributed by atoms with E-state index in [2.05, 4.69) is 53.0 Å². The highest BCUT2D eigenvalue weighted by Crippen LogP contribution is 2.42. The van der Waals surface area contributed by atoms with Crippen molar-refractivity contribution in [3.8, 4) is 0 Å². The van der Waals surface area contributed by atoms with Crippen LogP contribution in [0.2, 0.25) is 5.02 Å². The minimum Gasteiger partial charge on any atom is -0.370 e. The zero-order valence-electron chi connectivity index (χ0n) is 14.2. The lowest BCUT2D eigenvalue weighted by Gasteiger charge is -2.28. The molecule has 25 heavy (non-hydrogen) atoms. The average Bonchev–Trinajstić information content (AvgIpc) is 3.23. The Morgan fingerprint density at radius 3 is 2.84 bits per heavy atom. The van der Waals surface area contributed by atoms with E-state index in [4.69, 9.17) is 17.3 Å². The van der Waals surface area contributed by atoms with E-state index in [9.17, 15) is 0 Å². The molecule has 1 heterocycles. The van der Waals surface area contributed by atoms with E-state index in [1.165, 1.54) is 22.4 Å². The quantitative estimate of drug-likeness (QED) is 0.686. The molecule has 1 aromatic heterocycles. The zero-order valence-corrected chi connectivity index (χ0v) is 15.8. The van der Waals surface area contributed by atoms with Crippen LogP contribution in [0.3, 0.4) is 0 Å². The Morgan fingerprint density at radius 1 is 1.20 bits per heavy atom. The fourth-order valence-electron chi connectivity index (χ4n) is 3.72. The van der Waals surface area contributed by atoms with E-state index in [0.717, 1.165) is 30.0 Å². The molecule has 3 aromatic rings. The predicted molar refractivity (Wildman–Crippen MR) is 108 cm³/mol. The van der Waals surface area contributed by atoms with Crippen molar-refractivity contribution in [2.24, 2.45) is 5.73 Å². The summed E-state index contributed by atoms with van der Waals surface area (Å²) >= 11 is 7.95. The Labute approximate surface area is 157 Å². The van der Waals surface area contributed by atoms with Gasteiger partial charge in [0.2, 0.25) is 0 Å². The topological polar surface area (TPSA) is 29.3 Å². The highest BCUT2D eigenvalue weighted by Gasteiger charge is 2.37. The van der Waals surface area contributed by atoms with E-state index in [1.807, 2.05) is 18.2 Å². The summed E-state index contributed by atoms with van der Waals surface area (Å²) in [6.45, 7) is 0.900. The Kier molecular flexibility index (Phi) is 4.32. The largest absolute Gasteiger partial charge is 0.370 e. The molecular formula is C21H21ClN2S. The summed E-state index contributed by atoms with van der Waals surface area (Å²) in [5.41, 5.74) is 12.6. The number of rotatable bonds is 4. The van der Waals surface area contributed by atoms with Gasteiger partial charge in [0.05, 0.1) is 5.54 Å². The maximum atomic E-state index is 6.89. The molecule has 0 amide bonds. The number of anilines is 1. The van der Waals surface area contributed by atoms with Crippen LogP contribution in [0.5, 0.6) is 0 Å². The van der Waals surface area contributed by atoms with E-state index in [1.54, 1.807) is 11.3 Å². The first-order chi connectivity index (χ1) is 12.1. The third-order valence-electron chi connectivity index (χ3n) is 5.14. The van der Waals surface area contributed by atoms with Crippen molar-refractivity contribution < 1.29 is 0 Å². The molecule has 1 aliphatic rings. The van der Waals surface area contributed by atoms with Gasteiger partial charge in [-0.1, -0.05) is 29.8 Å². The van der Waals surface area contributed by atoms with Gasteiger partial charge in [0.1, 0.15) is 0 Å². The van der Waals surface area contributed by atoms with Crippen LogP contribution in [0, 0.1) is 0 Å². The summed E-state index contributed by atoms with van der Waals surface area (Å²) in [6, 6.07) is 16.8. The van der Waals surface area contributed by atoms with Crippen molar-refractivity contribution in [2.75, 3.05) is 11.9 Å². The van der Waals surface area contributed by atoms with Gasteiger partial charge in [-0.25, -0.2) is 0 Å². The van der Waals surface area contributed by atoms with Gasteiger partial charge in [-0.3, -0.25) is 0 Å². The van der Waals surface area contributed by atoms with Gasteiger partial charge in [-0.2, -0.15) is 11.3 Å². The SMILES string of the molecule is CN(Cc1ccsc1)c1ccc2c(c1)C(N)(c1cccc(Cl)c1)CC2. The minimum absolute atomic E-state index is 0.459. The standard InChI is InChI=1S/C21H21ClN2S/c1-24(13-15-8-10-25-14-15)19-6-5-16-7-9-21(23,20(16)12-19)17-3-2-4-18(22)11-17/h2-6,8,10-12,14H,7,9,13,23H2,1H3. The molecule has 0 bridgehead atoms. The minimum atomic E-state index is -0.459. The Morgan fingerprint density at radius 2 is 2.08 bits per heavy atom. The molecule has 2 aromatic carbocycles. The molecular weight excluding hydrogens is 348 g/mol. The second-order valence-corrected chi connectivity index (χ2v) is 8.03. The summed E-state index contributed by atoms with van der Waals surface area (Å²) < 4.78 is 0. The van der Waals surface area contributed by atoms with Crippen LogP contribution in [-0.2, 0) is 18.5 Å². The smallest absolute Gasteiger partial charge is 0.0672 e. The fraction of sp³-hybridized carbons (Fsp3) is 0.238. The summed E-state index contributed by atoms with van der Waals surface area (Å²) in [5.74, 6) is 0. The molecule has 4 heteroatoms. The van der Waals surface area contributed by atoms with Gasteiger partial charge in [-0.05, 0) is 76.2 Å². The van der Waals surface area contributed by atoms with E-state index in [0.29, 0.717) is 0 Å². The van der Waals surface area contributed by atoms with Crippen LogP contribution in [-0.4, -0.2) is 7.05 Å². The number of hydrogen-bond donors (Lipinski definition) is 1. The Hall–Kier alpha value is -1.81. The van der Waals surface area contributed by atoms with Crippen molar-refractivity contribution in [1.82, 2.24) is 0 Å². The summed E-state index contributed by atoms with van der Waals surface area (Å²) in [4.78, 5) is 2.28. The molecule has 1 unspecified atom stereocenters. The molecule has 1 aliphatic carbocycles. The lowest BCUT2D eigenvalue weighted by Crippen LogP contribution is -2.35. The van der Waals surface area contributed by atoms with Gasteiger partial charge in [0.15, 0.2) is 0 Å². The maximum absolute atomic E-state index is 6.89. The molecule has 0 spiro atoms. The monoisotopic (exact) mass is 368 g/mol. The van der Waals surface area contributed by atoms with Crippen LogP contribution in [0.25, 0.3) is 0 Å². The van der Waals surface area contributed by atoms with Crippen LogP contribution >= 0.6 is 22.9 Å². The zero-order chi connectivity index (χ0) is 17.4. The molecule has 2 N–H and O–H groups in total. The van der Waals surface area contributed by atoms with Crippen molar-refractivity contribution in [3.63, 3.8) is 0 Å². The molecule has 128 valence electrons. The predicted octanol–water partition coefficient (Wildman–Crippen LogP) is 5.19. The summed E-state index contributed by atoms with van der Waals surface area (Å²) in [5, 5.41) is 5.06. The first-order valence-corrected chi connectivity index (χ1v) is 9.79. The number of benzene rings is 2. The van der Waals surface area contributed by atoms with Crippen molar-refractivity contribution >= 4 is 28.6 Å². The lowest BCUT2D eigenvalue weighted by molar-refractivity contribution is 0.535. The average molecular weight is 369 g/mol. The number of nitrogens with zero attached hydrogens (tertiary/aromatic N) is 1. The van der Waals surface area contributed by atoms with E-state index < -0.39 is 5.54 Å². The molecule has 1 atom stereocenters. The Balaban J connectivity index is 1.69. The molecule has 0 fully saturated rings. The first kappa shape index (κ1) is 16.6.